The van der Waals surface area contributed by atoms with Crippen LogP contribution in [0.1, 0.15) is 13.8 Å². The Morgan fingerprint density at radius 2 is 2.11 bits per heavy atom. The second-order valence-electron chi connectivity index (χ2n) is 1.58. The van der Waals surface area contributed by atoms with Crippen molar-refractivity contribution in [3.8, 4) is 0 Å². The van der Waals surface area contributed by atoms with Crippen LogP contribution in [0.4, 0.5) is 0 Å². The lowest BCUT2D eigenvalue weighted by Crippen LogP contribution is -2.18. The molecule has 54 valence electrons. The predicted octanol–water partition coefficient (Wildman–Crippen LogP) is 0.909. The molecule has 0 aromatic carbocycles. The Labute approximate surface area is 56.1 Å². The average molecular weight is 130 g/mol. The lowest BCUT2D eigenvalue weighted by Gasteiger charge is -2.02. The van der Waals surface area contributed by atoms with Gasteiger partial charge in [0.2, 0.25) is 0 Å². The number of hydrogen-bond acceptors (Lipinski definition) is 2. The lowest BCUT2D eigenvalue weighted by molar-refractivity contribution is 0.349. The Balaban J connectivity index is 0.000000291. The molecule has 1 N–H and O–H groups in total. The van der Waals surface area contributed by atoms with E-state index in [9.17, 15) is 0 Å². The van der Waals surface area contributed by atoms with Crippen molar-refractivity contribution in [2.75, 3.05) is 20.2 Å². The number of nitrogens with one attached hydrogen (secondary N) is 1. The average Bonchev–Trinajstić information content (AvgIpc) is 2.23. The Hall–Kier alpha value is -0.730. The van der Waals surface area contributed by atoms with Gasteiger partial charge in [0.05, 0.1) is 6.54 Å². The summed E-state index contributed by atoms with van der Waals surface area (Å²) >= 11 is 0. The minimum absolute atomic E-state index is 0.292. The van der Waals surface area contributed by atoms with E-state index < -0.39 is 0 Å². The number of amidine groups is 1. The number of nitrogens with zero attached hydrogens (tertiary/aromatic N) is 1. The first-order valence-corrected chi connectivity index (χ1v) is 3.23. The van der Waals surface area contributed by atoms with Crippen molar-refractivity contribution in [1.29, 1.82) is 5.41 Å². The standard InChI is InChI=1S/C4H8N2O.C2H6/c1-6-2-3-7-4(6)5;1-2/h5H,2-3H2,1H3;1-2H3. The Morgan fingerprint density at radius 3 is 2.22 bits per heavy atom. The molecule has 1 aliphatic rings. The van der Waals surface area contributed by atoms with Crippen LogP contribution in [0.5, 0.6) is 0 Å². The van der Waals surface area contributed by atoms with Gasteiger partial charge >= 0.3 is 0 Å². The molecule has 1 saturated heterocycles. The molecule has 1 aliphatic heterocycles. The summed E-state index contributed by atoms with van der Waals surface area (Å²) in [5.41, 5.74) is 0. The van der Waals surface area contributed by atoms with Gasteiger partial charge in [0.1, 0.15) is 6.61 Å². The van der Waals surface area contributed by atoms with Gasteiger partial charge in [-0.1, -0.05) is 13.8 Å². The van der Waals surface area contributed by atoms with Crippen molar-refractivity contribution in [2.24, 2.45) is 0 Å². The molecule has 0 aromatic rings. The smallest absolute Gasteiger partial charge is 0.284 e. The molecular weight excluding hydrogens is 116 g/mol. The zero-order chi connectivity index (χ0) is 7.28. The molecule has 3 heteroatoms. The van der Waals surface area contributed by atoms with E-state index in [-0.39, 0.29) is 0 Å². The highest BCUT2D eigenvalue weighted by atomic mass is 16.5. The van der Waals surface area contributed by atoms with E-state index in [1.165, 1.54) is 0 Å². The van der Waals surface area contributed by atoms with Gasteiger partial charge in [-0.05, 0) is 0 Å². The highest BCUT2D eigenvalue weighted by Crippen LogP contribution is 1.95. The molecule has 0 saturated carbocycles. The van der Waals surface area contributed by atoms with E-state index in [1.807, 2.05) is 20.9 Å². The molecule has 0 aromatic heterocycles. The van der Waals surface area contributed by atoms with Crippen molar-refractivity contribution in [3.05, 3.63) is 0 Å². The van der Waals surface area contributed by atoms with Gasteiger partial charge in [-0.2, -0.15) is 0 Å². The fourth-order valence-electron chi connectivity index (χ4n) is 0.491. The summed E-state index contributed by atoms with van der Waals surface area (Å²) < 4.78 is 4.77. The normalized spacial score (nSPS) is 16.3. The molecule has 0 aliphatic carbocycles. The van der Waals surface area contributed by atoms with E-state index in [2.05, 4.69) is 0 Å². The Bertz CT molecular complexity index is 93.1. The van der Waals surface area contributed by atoms with Crippen molar-refractivity contribution in [3.63, 3.8) is 0 Å². The Kier molecular flexibility index (Phi) is 3.84. The van der Waals surface area contributed by atoms with Crippen LogP contribution >= 0.6 is 0 Å². The number of hydrogen-bond donors (Lipinski definition) is 1. The zero-order valence-corrected chi connectivity index (χ0v) is 6.27. The third-order valence-corrected chi connectivity index (χ3v) is 1.01. The minimum atomic E-state index is 0.292. The summed E-state index contributed by atoms with van der Waals surface area (Å²) in [5.74, 6) is 0. The van der Waals surface area contributed by atoms with Gasteiger partial charge in [-0.3, -0.25) is 5.41 Å². The molecule has 0 radical (unpaired) electrons. The first-order chi connectivity index (χ1) is 4.30. The highest BCUT2D eigenvalue weighted by molar-refractivity contribution is 5.71. The van der Waals surface area contributed by atoms with Gasteiger partial charge < -0.3 is 9.64 Å². The van der Waals surface area contributed by atoms with Crippen LogP contribution in [0.3, 0.4) is 0 Å². The van der Waals surface area contributed by atoms with Gasteiger partial charge in [0.25, 0.3) is 6.02 Å². The zero-order valence-electron chi connectivity index (χ0n) is 6.27. The van der Waals surface area contributed by atoms with Gasteiger partial charge in [0.15, 0.2) is 0 Å². The maximum Gasteiger partial charge on any atom is 0.284 e. The van der Waals surface area contributed by atoms with Crippen LogP contribution < -0.4 is 0 Å². The molecule has 1 rings (SSSR count). The van der Waals surface area contributed by atoms with Gasteiger partial charge in [-0.15, -0.1) is 0 Å². The summed E-state index contributed by atoms with van der Waals surface area (Å²) in [6.07, 6.45) is 0. The molecule has 0 atom stereocenters. The van der Waals surface area contributed by atoms with Crippen LogP contribution in [0.25, 0.3) is 0 Å². The van der Waals surface area contributed by atoms with Crippen LogP contribution in [0.2, 0.25) is 0 Å². The van der Waals surface area contributed by atoms with Gasteiger partial charge in [-0.25, -0.2) is 0 Å². The molecule has 0 amide bonds. The minimum Gasteiger partial charge on any atom is -0.463 e. The summed E-state index contributed by atoms with van der Waals surface area (Å²) in [5, 5.41) is 6.96. The third-order valence-electron chi connectivity index (χ3n) is 1.01. The predicted molar refractivity (Wildman–Crippen MR) is 37.7 cm³/mol. The molecule has 0 bridgehead atoms. The summed E-state index contributed by atoms with van der Waals surface area (Å²) in [6, 6.07) is 0.292. The van der Waals surface area contributed by atoms with E-state index in [1.54, 1.807) is 4.90 Å². The van der Waals surface area contributed by atoms with Gasteiger partial charge in [0, 0.05) is 7.05 Å². The van der Waals surface area contributed by atoms with Crippen molar-refractivity contribution in [2.45, 2.75) is 13.8 Å². The topological polar surface area (TPSA) is 36.3 Å². The summed E-state index contributed by atoms with van der Waals surface area (Å²) in [6.45, 7) is 5.54. The van der Waals surface area contributed by atoms with E-state index in [0.717, 1.165) is 6.54 Å². The van der Waals surface area contributed by atoms with E-state index in [0.29, 0.717) is 12.6 Å². The molecular formula is C6H14N2O. The fourth-order valence-corrected chi connectivity index (χ4v) is 0.491. The number of likely N-dealkylation sites (N-methyl/N-ethyl adjacent to an activating group) is 1. The van der Waals surface area contributed by atoms with Crippen LogP contribution in [0, 0.1) is 5.41 Å². The quantitative estimate of drug-likeness (QED) is 0.529. The van der Waals surface area contributed by atoms with E-state index in [4.69, 9.17) is 10.1 Å². The third kappa shape index (κ3) is 2.35. The Morgan fingerprint density at radius 1 is 1.56 bits per heavy atom. The van der Waals surface area contributed by atoms with Crippen molar-refractivity contribution >= 4 is 6.02 Å². The summed E-state index contributed by atoms with van der Waals surface area (Å²) in [4.78, 5) is 1.76. The molecule has 0 spiro atoms. The molecule has 0 unspecified atom stereocenters. The fraction of sp³-hybridized carbons (Fsp3) is 0.833. The summed E-state index contributed by atoms with van der Waals surface area (Å²) in [7, 11) is 1.84. The van der Waals surface area contributed by atoms with Crippen molar-refractivity contribution in [1.82, 2.24) is 4.90 Å². The second kappa shape index (κ2) is 4.18. The maximum atomic E-state index is 6.96. The van der Waals surface area contributed by atoms with Crippen LogP contribution in [-0.2, 0) is 4.74 Å². The number of rotatable bonds is 0. The molecule has 9 heavy (non-hydrogen) atoms. The molecule has 1 heterocycles. The molecule has 1 fully saturated rings. The first-order valence-electron chi connectivity index (χ1n) is 3.23. The lowest BCUT2D eigenvalue weighted by atomic mass is 10.7. The number of ether oxygens (including phenoxy) is 1. The SMILES string of the molecule is CC.CN1CCOC1=N. The van der Waals surface area contributed by atoms with E-state index >= 15 is 0 Å². The first kappa shape index (κ1) is 8.27. The van der Waals surface area contributed by atoms with Crippen LogP contribution in [0.15, 0.2) is 0 Å². The molecule has 3 nitrogen and oxygen atoms in total. The largest absolute Gasteiger partial charge is 0.463 e. The highest BCUT2D eigenvalue weighted by Gasteiger charge is 2.11. The second-order valence-corrected chi connectivity index (χ2v) is 1.58. The maximum absolute atomic E-state index is 6.96. The monoisotopic (exact) mass is 130 g/mol. The van der Waals surface area contributed by atoms with Crippen molar-refractivity contribution < 1.29 is 4.74 Å². The van der Waals surface area contributed by atoms with Crippen LogP contribution in [-0.4, -0.2) is 31.1 Å².